The van der Waals surface area contributed by atoms with Gasteiger partial charge in [0.15, 0.2) is 5.82 Å². The van der Waals surface area contributed by atoms with E-state index < -0.39 is 0 Å². The highest BCUT2D eigenvalue weighted by Crippen LogP contribution is 2.11. The second-order valence-electron chi connectivity index (χ2n) is 3.01. The molecule has 2 rings (SSSR count). The predicted octanol–water partition coefficient (Wildman–Crippen LogP) is 2.35. The van der Waals surface area contributed by atoms with Gasteiger partial charge in [0.2, 0.25) is 0 Å². The molecule has 0 aromatic carbocycles. The minimum Gasteiger partial charge on any atom is -0.370 e. The lowest BCUT2D eigenvalue weighted by Gasteiger charge is -2.04. The maximum absolute atomic E-state index is 5.78. The van der Waals surface area contributed by atoms with E-state index in [-0.39, 0.29) is 0 Å². The van der Waals surface area contributed by atoms with Gasteiger partial charge in [0.25, 0.3) is 0 Å². The summed E-state index contributed by atoms with van der Waals surface area (Å²) >= 11 is 5.78. The average Bonchev–Trinajstić information content (AvgIpc) is 2.66. The van der Waals surface area contributed by atoms with Crippen LogP contribution in [-0.4, -0.2) is 21.3 Å². The quantitative estimate of drug-likeness (QED) is 0.867. The lowest BCUT2D eigenvalue weighted by Crippen LogP contribution is -2.03. The van der Waals surface area contributed by atoms with Crippen molar-refractivity contribution in [3.63, 3.8) is 0 Å². The summed E-state index contributed by atoms with van der Waals surface area (Å²) in [5.41, 5.74) is 0. The molecule has 0 bridgehead atoms. The van der Waals surface area contributed by atoms with Crippen LogP contribution in [0.4, 0.5) is 5.82 Å². The second kappa shape index (κ2) is 4.31. The predicted molar refractivity (Wildman–Crippen MR) is 60.5 cm³/mol. The van der Waals surface area contributed by atoms with Crippen molar-refractivity contribution < 1.29 is 0 Å². The molecule has 0 fully saturated rings. The third-order valence-electron chi connectivity index (χ3n) is 1.88. The summed E-state index contributed by atoms with van der Waals surface area (Å²) in [6.45, 7) is 2.87. The minimum atomic E-state index is 0.602. The Labute approximate surface area is 92.9 Å². The summed E-state index contributed by atoms with van der Waals surface area (Å²) < 4.78 is 1.64. The van der Waals surface area contributed by atoms with E-state index in [1.807, 2.05) is 25.1 Å². The van der Waals surface area contributed by atoms with Crippen LogP contribution < -0.4 is 5.32 Å². The molecule has 0 saturated heterocycles. The van der Waals surface area contributed by atoms with E-state index in [1.54, 1.807) is 17.1 Å². The molecule has 0 saturated carbocycles. The van der Waals surface area contributed by atoms with Crippen molar-refractivity contribution in [3.8, 4) is 5.82 Å². The minimum absolute atomic E-state index is 0.602. The van der Waals surface area contributed by atoms with Crippen LogP contribution in [0.5, 0.6) is 0 Å². The third-order valence-corrected chi connectivity index (χ3v) is 2.07. The fourth-order valence-corrected chi connectivity index (χ4v) is 1.39. The maximum atomic E-state index is 5.78. The second-order valence-corrected chi connectivity index (χ2v) is 3.45. The molecule has 1 N–H and O–H groups in total. The molecular formula is C10H11ClN4. The zero-order valence-corrected chi connectivity index (χ0v) is 9.07. The first-order valence-electron chi connectivity index (χ1n) is 4.71. The van der Waals surface area contributed by atoms with E-state index in [2.05, 4.69) is 15.4 Å². The smallest absolute Gasteiger partial charge is 0.155 e. The van der Waals surface area contributed by atoms with Gasteiger partial charge in [-0.25, -0.2) is 9.67 Å². The van der Waals surface area contributed by atoms with E-state index in [1.165, 1.54) is 0 Å². The summed E-state index contributed by atoms with van der Waals surface area (Å²) in [6, 6.07) is 5.72. The number of halogens is 1. The first-order chi connectivity index (χ1) is 7.29. The first-order valence-corrected chi connectivity index (χ1v) is 5.09. The van der Waals surface area contributed by atoms with E-state index in [4.69, 9.17) is 11.6 Å². The summed E-state index contributed by atoms with van der Waals surface area (Å²) in [6.07, 6.45) is 3.31. The molecule has 2 aromatic rings. The summed E-state index contributed by atoms with van der Waals surface area (Å²) in [5.74, 6) is 1.59. The number of anilines is 1. The molecule has 78 valence electrons. The Morgan fingerprint density at radius 2 is 2.33 bits per heavy atom. The van der Waals surface area contributed by atoms with Crippen molar-refractivity contribution in [2.45, 2.75) is 6.92 Å². The SMILES string of the molecule is CCNc1cccc(-n2cc(Cl)cn2)n1. The number of pyridine rings is 1. The van der Waals surface area contributed by atoms with E-state index in [0.29, 0.717) is 5.02 Å². The van der Waals surface area contributed by atoms with Crippen LogP contribution in [0, 0.1) is 0 Å². The van der Waals surface area contributed by atoms with Crippen LogP contribution in [0.3, 0.4) is 0 Å². The van der Waals surface area contributed by atoms with Gasteiger partial charge in [-0.05, 0) is 19.1 Å². The molecule has 0 unspecified atom stereocenters. The summed E-state index contributed by atoms with van der Waals surface area (Å²) in [5, 5.41) is 7.82. The van der Waals surface area contributed by atoms with Gasteiger partial charge < -0.3 is 5.32 Å². The number of hydrogen-bond donors (Lipinski definition) is 1. The first kappa shape index (κ1) is 9.98. The van der Waals surface area contributed by atoms with Crippen LogP contribution >= 0.6 is 11.6 Å². The van der Waals surface area contributed by atoms with Crippen molar-refractivity contribution in [2.24, 2.45) is 0 Å². The topological polar surface area (TPSA) is 42.7 Å². The van der Waals surface area contributed by atoms with Crippen molar-refractivity contribution in [1.82, 2.24) is 14.8 Å². The van der Waals surface area contributed by atoms with Crippen LogP contribution in [-0.2, 0) is 0 Å². The lowest BCUT2D eigenvalue weighted by atomic mass is 10.4. The summed E-state index contributed by atoms with van der Waals surface area (Å²) in [4.78, 5) is 4.38. The highest BCUT2D eigenvalue weighted by Gasteiger charge is 2.01. The van der Waals surface area contributed by atoms with Gasteiger partial charge in [0.05, 0.1) is 17.4 Å². The highest BCUT2D eigenvalue weighted by molar-refractivity contribution is 6.30. The molecule has 15 heavy (non-hydrogen) atoms. The Morgan fingerprint density at radius 1 is 1.47 bits per heavy atom. The van der Waals surface area contributed by atoms with Gasteiger partial charge >= 0.3 is 0 Å². The largest absolute Gasteiger partial charge is 0.370 e. The third kappa shape index (κ3) is 2.27. The van der Waals surface area contributed by atoms with E-state index >= 15 is 0 Å². The zero-order valence-electron chi connectivity index (χ0n) is 8.31. The van der Waals surface area contributed by atoms with Crippen LogP contribution in [0.2, 0.25) is 5.02 Å². The molecule has 5 heteroatoms. The molecule has 0 aliphatic carbocycles. The Hall–Kier alpha value is -1.55. The van der Waals surface area contributed by atoms with Gasteiger partial charge in [-0.3, -0.25) is 0 Å². The normalized spacial score (nSPS) is 10.3. The number of nitrogens with one attached hydrogen (secondary N) is 1. The Bertz CT molecular complexity index is 452. The fourth-order valence-electron chi connectivity index (χ4n) is 1.26. The monoisotopic (exact) mass is 222 g/mol. The standard InChI is InChI=1S/C10H11ClN4/c1-2-12-9-4-3-5-10(14-9)15-7-8(11)6-13-15/h3-7H,2H2,1H3,(H,12,14). The van der Waals surface area contributed by atoms with Gasteiger partial charge in [-0.2, -0.15) is 5.10 Å². The number of aromatic nitrogens is 3. The van der Waals surface area contributed by atoms with Crippen molar-refractivity contribution in [1.29, 1.82) is 0 Å². The molecule has 2 aromatic heterocycles. The van der Waals surface area contributed by atoms with Crippen molar-refractivity contribution in [3.05, 3.63) is 35.6 Å². The molecule has 0 amide bonds. The van der Waals surface area contributed by atoms with Crippen molar-refractivity contribution >= 4 is 17.4 Å². The molecule has 0 radical (unpaired) electrons. The number of rotatable bonds is 3. The fraction of sp³-hybridized carbons (Fsp3) is 0.200. The molecule has 0 aliphatic heterocycles. The number of nitrogens with zero attached hydrogens (tertiary/aromatic N) is 3. The van der Waals surface area contributed by atoms with Gasteiger partial charge in [0, 0.05) is 6.54 Å². The summed E-state index contributed by atoms with van der Waals surface area (Å²) in [7, 11) is 0. The van der Waals surface area contributed by atoms with E-state index in [0.717, 1.165) is 18.2 Å². The zero-order chi connectivity index (χ0) is 10.7. The molecule has 0 spiro atoms. The van der Waals surface area contributed by atoms with Gasteiger partial charge in [-0.15, -0.1) is 0 Å². The van der Waals surface area contributed by atoms with Gasteiger partial charge in [-0.1, -0.05) is 17.7 Å². The van der Waals surface area contributed by atoms with Gasteiger partial charge in [0.1, 0.15) is 5.82 Å². The Morgan fingerprint density at radius 3 is 3.00 bits per heavy atom. The molecule has 4 nitrogen and oxygen atoms in total. The average molecular weight is 223 g/mol. The van der Waals surface area contributed by atoms with Crippen molar-refractivity contribution in [2.75, 3.05) is 11.9 Å². The molecule has 0 aliphatic rings. The Kier molecular flexibility index (Phi) is 2.87. The maximum Gasteiger partial charge on any atom is 0.155 e. The Balaban J connectivity index is 2.32. The van der Waals surface area contributed by atoms with Crippen LogP contribution in [0.25, 0.3) is 5.82 Å². The van der Waals surface area contributed by atoms with Crippen LogP contribution in [0.1, 0.15) is 6.92 Å². The van der Waals surface area contributed by atoms with E-state index in [9.17, 15) is 0 Å². The lowest BCUT2D eigenvalue weighted by molar-refractivity contribution is 0.847. The molecular weight excluding hydrogens is 212 g/mol. The highest BCUT2D eigenvalue weighted by atomic mass is 35.5. The molecule has 0 atom stereocenters. The van der Waals surface area contributed by atoms with Crippen LogP contribution in [0.15, 0.2) is 30.6 Å². The number of hydrogen-bond acceptors (Lipinski definition) is 3. The molecule has 2 heterocycles.